The standard InChI is InChI=1S/C18H21N5O2S2/c1-10-14(12(3)25-21-10)7-23-5-4-13-15(9-26-17(13)8-23)18(24)19-6-16-11(2)20-22-27-16/h9H,4-8H2,1-3H3,(H,19,24). The van der Waals surface area contributed by atoms with E-state index >= 15 is 0 Å². The SMILES string of the molecule is Cc1nnsc1CNC(=O)c1csc2c1CCN(Cc1c(C)noc1C)C2. The van der Waals surface area contributed by atoms with Gasteiger partial charge in [0.05, 0.1) is 28.4 Å². The highest BCUT2D eigenvalue weighted by Crippen LogP contribution is 2.30. The molecule has 0 saturated heterocycles. The van der Waals surface area contributed by atoms with Crippen LogP contribution in [0.25, 0.3) is 0 Å². The summed E-state index contributed by atoms with van der Waals surface area (Å²) in [4.78, 5) is 17.3. The minimum absolute atomic E-state index is 0.0144. The molecule has 0 aliphatic carbocycles. The lowest BCUT2D eigenvalue weighted by molar-refractivity contribution is 0.0950. The van der Waals surface area contributed by atoms with Crippen LogP contribution in [0.1, 0.15) is 48.4 Å². The summed E-state index contributed by atoms with van der Waals surface area (Å²) in [6, 6.07) is 0. The lowest BCUT2D eigenvalue weighted by Gasteiger charge is -2.27. The normalized spacial score (nSPS) is 14.3. The third-order valence-electron chi connectivity index (χ3n) is 4.99. The molecular weight excluding hydrogens is 382 g/mol. The van der Waals surface area contributed by atoms with Crippen LogP contribution in [0.4, 0.5) is 0 Å². The molecule has 0 saturated carbocycles. The van der Waals surface area contributed by atoms with E-state index in [4.69, 9.17) is 4.52 Å². The summed E-state index contributed by atoms with van der Waals surface area (Å²) < 4.78 is 9.18. The summed E-state index contributed by atoms with van der Waals surface area (Å²) in [6.45, 7) is 8.93. The maximum Gasteiger partial charge on any atom is 0.252 e. The molecule has 0 radical (unpaired) electrons. The Balaban J connectivity index is 1.42. The van der Waals surface area contributed by atoms with E-state index in [2.05, 4.69) is 25.0 Å². The van der Waals surface area contributed by atoms with Crippen molar-refractivity contribution in [1.82, 2.24) is 25.0 Å². The lowest BCUT2D eigenvalue weighted by atomic mass is 10.0. The molecule has 0 atom stereocenters. The maximum atomic E-state index is 12.6. The molecule has 1 aliphatic rings. The zero-order valence-corrected chi connectivity index (χ0v) is 17.2. The average Bonchev–Trinajstić information content (AvgIpc) is 3.34. The van der Waals surface area contributed by atoms with Crippen LogP contribution >= 0.6 is 22.9 Å². The molecule has 27 heavy (non-hydrogen) atoms. The van der Waals surface area contributed by atoms with Gasteiger partial charge in [0.2, 0.25) is 0 Å². The van der Waals surface area contributed by atoms with Crippen molar-refractivity contribution in [1.29, 1.82) is 0 Å². The first-order chi connectivity index (χ1) is 13.0. The van der Waals surface area contributed by atoms with Gasteiger partial charge in [-0.05, 0) is 44.3 Å². The van der Waals surface area contributed by atoms with E-state index < -0.39 is 0 Å². The van der Waals surface area contributed by atoms with Crippen LogP contribution < -0.4 is 5.32 Å². The van der Waals surface area contributed by atoms with Crippen molar-refractivity contribution in [3.63, 3.8) is 0 Å². The van der Waals surface area contributed by atoms with Crippen molar-refractivity contribution in [2.24, 2.45) is 0 Å². The van der Waals surface area contributed by atoms with Gasteiger partial charge in [-0.15, -0.1) is 16.4 Å². The van der Waals surface area contributed by atoms with Crippen LogP contribution in [0, 0.1) is 20.8 Å². The zero-order chi connectivity index (χ0) is 19.0. The van der Waals surface area contributed by atoms with E-state index in [1.165, 1.54) is 27.5 Å². The molecule has 0 fully saturated rings. The highest BCUT2D eigenvalue weighted by Gasteiger charge is 2.25. The van der Waals surface area contributed by atoms with Crippen LogP contribution in [0.3, 0.4) is 0 Å². The number of fused-ring (bicyclic) bond motifs is 1. The summed E-state index contributed by atoms with van der Waals surface area (Å²) >= 11 is 3.00. The van der Waals surface area contributed by atoms with E-state index in [0.717, 1.165) is 53.6 Å². The van der Waals surface area contributed by atoms with Gasteiger partial charge in [-0.2, -0.15) is 0 Å². The number of amides is 1. The Morgan fingerprint density at radius 2 is 2.19 bits per heavy atom. The number of nitrogens with one attached hydrogen (secondary N) is 1. The fourth-order valence-corrected chi connectivity index (χ4v) is 5.02. The molecule has 0 bridgehead atoms. The van der Waals surface area contributed by atoms with Crippen LogP contribution in [-0.4, -0.2) is 32.1 Å². The number of nitrogens with zero attached hydrogens (tertiary/aromatic N) is 4. The summed E-state index contributed by atoms with van der Waals surface area (Å²) in [5.41, 5.74) is 5.00. The van der Waals surface area contributed by atoms with Crippen LogP contribution in [0.5, 0.6) is 0 Å². The van der Waals surface area contributed by atoms with Gasteiger partial charge in [0.1, 0.15) is 5.76 Å². The monoisotopic (exact) mass is 403 g/mol. The molecule has 9 heteroatoms. The van der Waals surface area contributed by atoms with Crippen molar-refractivity contribution in [2.75, 3.05) is 6.54 Å². The van der Waals surface area contributed by atoms with Crippen molar-refractivity contribution in [2.45, 2.75) is 46.8 Å². The highest BCUT2D eigenvalue weighted by molar-refractivity contribution is 7.10. The molecule has 0 unspecified atom stereocenters. The van der Waals surface area contributed by atoms with Gasteiger partial charge < -0.3 is 9.84 Å². The van der Waals surface area contributed by atoms with Crippen LogP contribution in [0.2, 0.25) is 0 Å². The number of aryl methyl sites for hydroxylation is 3. The van der Waals surface area contributed by atoms with Gasteiger partial charge in [-0.1, -0.05) is 9.64 Å². The molecule has 0 spiro atoms. The van der Waals surface area contributed by atoms with E-state index in [9.17, 15) is 4.79 Å². The Morgan fingerprint density at radius 1 is 1.33 bits per heavy atom. The second kappa shape index (κ2) is 7.49. The average molecular weight is 404 g/mol. The molecule has 142 valence electrons. The smallest absolute Gasteiger partial charge is 0.252 e. The summed E-state index contributed by atoms with van der Waals surface area (Å²) in [5.74, 6) is 0.872. The number of thiophene rings is 1. The number of carbonyl (C=O) groups excluding carboxylic acids is 1. The van der Waals surface area contributed by atoms with E-state index in [1.54, 1.807) is 11.3 Å². The van der Waals surface area contributed by atoms with Crippen molar-refractivity contribution >= 4 is 28.8 Å². The largest absolute Gasteiger partial charge is 0.361 e. The van der Waals surface area contributed by atoms with Gasteiger partial charge >= 0.3 is 0 Å². The number of rotatable bonds is 5. The van der Waals surface area contributed by atoms with Gasteiger partial charge in [0.25, 0.3) is 5.91 Å². The number of carbonyl (C=O) groups is 1. The Kier molecular flexibility index (Phi) is 5.07. The highest BCUT2D eigenvalue weighted by atomic mass is 32.1. The number of aromatic nitrogens is 3. The Morgan fingerprint density at radius 3 is 2.89 bits per heavy atom. The molecule has 3 aromatic heterocycles. The van der Waals surface area contributed by atoms with Gasteiger partial charge in [-0.3, -0.25) is 9.69 Å². The predicted octanol–water partition coefficient (Wildman–Crippen LogP) is 3.00. The molecule has 0 aromatic carbocycles. The second-order valence-electron chi connectivity index (χ2n) is 6.78. The Bertz CT molecular complexity index is 955. The van der Waals surface area contributed by atoms with Crippen LogP contribution in [-0.2, 0) is 26.1 Å². The maximum absolute atomic E-state index is 12.6. The molecule has 4 rings (SSSR count). The molecular formula is C18H21N5O2S2. The summed E-state index contributed by atoms with van der Waals surface area (Å²) in [6.07, 6.45) is 0.881. The Labute approximate surface area is 165 Å². The van der Waals surface area contributed by atoms with E-state index in [-0.39, 0.29) is 5.91 Å². The molecule has 1 amide bonds. The van der Waals surface area contributed by atoms with E-state index in [1.807, 2.05) is 26.2 Å². The van der Waals surface area contributed by atoms with Gasteiger partial charge in [-0.25, -0.2) is 0 Å². The first-order valence-electron chi connectivity index (χ1n) is 8.82. The molecule has 1 N–H and O–H groups in total. The molecule has 1 aliphatic heterocycles. The second-order valence-corrected chi connectivity index (χ2v) is 8.58. The molecule has 7 nitrogen and oxygen atoms in total. The topological polar surface area (TPSA) is 84.2 Å². The number of hydrogen-bond acceptors (Lipinski definition) is 8. The predicted molar refractivity (Wildman–Crippen MR) is 104 cm³/mol. The summed E-state index contributed by atoms with van der Waals surface area (Å²) in [5, 5.41) is 13.0. The quantitative estimate of drug-likeness (QED) is 0.705. The van der Waals surface area contributed by atoms with Crippen molar-refractivity contribution in [3.05, 3.63) is 49.0 Å². The van der Waals surface area contributed by atoms with Crippen molar-refractivity contribution in [3.8, 4) is 0 Å². The van der Waals surface area contributed by atoms with Gasteiger partial charge in [0, 0.05) is 35.5 Å². The lowest BCUT2D eigenvalue weighted by Crippen LogP contribution is -2.31. The zero-order valence-electron chi connectivity index (χ0n) is 15.5. The van der Waals surface area contributed by atoms with Gasteiger partial charge in [0.15, 0.2) is 0 Å². The first kappa shape index (κ1) is 18.3. The third kappa shape index (κ3) is 3.67. The van der Waals surface area contributed by atoms with Crippen molar-refractivity contribution < 1.29 is 9.32 Å². The first-order valence-corrected chi connectivity index (χ1v) is 10.5. The molecule has 4 heterocycles. The van der Waals surface area contributed by atoms with E-state index in [0.29, 0.717) is 6.54 Å². The fraction of sp³-hybridized carbons (Fsp3) is 0.444. The third-order valence-corrected chi connectivity index (χ3v) is 6.83. The minimum Gasteiger partial charge on any atom is -0.361 e. The summed E-state index contributed by atoms with van der Waals surface area (Å²) in [7, 11) is 0. The fourth-order valence-electron chi connectivity index (χ4n) is 3.33. The van der Waals surface area contributed by atoms with Crippen LogP contribution in [0.15, 0.2) is 9.90 Å². The Hall–Kier alpha value is -2.10. The minimum atomic E-state index is -0.0144. The molecule has 3 aromatic rings. The number of hydrogen-bond donors (Lipinski definition) is 1.